The number of carbonyl (C=O) groups is 2. The largest absolute Gasteiger partial charge is 0.478 e. The first-order valence-corrected chi connectivity index (χ1v) is 6.51. The van der Waals surface area contributed by atoms with Crippen molar-refractivity contribution < 1.29 is 19.4 Å². The number of carboxylic acid groups (broad SMARTS) is 1. The Bertz CT molecular complexity index is 492. The number of amides is 2. The van der Waals surface area contributed by atoms with Gasteiger partial charge in [-0.25, -0.2) is 9.59 Å². The first-order valence-electron chi connectivity index (χ1n) is 6.51. The number of hydrogen-bond donors (Lipinski definition) is 3. The van der Waals surface area contributed by atoms with Crippen molar-refractivity contribution in [1.82, 2.24) is 5.32 Å². The van der Waals surface area contributed by atoms with Gasteiger partial charge in [-0.05, 0) is 44.0 Å². The number of urea groups is 1. The van der Waals surface area contributed by atoms with Gasteiger partial charge in [0.2, 0.25) is 0 Å². The van der Waals surface area contributed by atoms with Crippen LogP contribution in [0.4, 0.5) is 10.5 Å². The van der Waals surface area contributed by atoms with Crippen LogP contribution >= 0.6 is 0 Å². The number of carboxylic acids is 1. The second-order valence-electron chi connectivity index (χ2n) is 5.09. The molecule has 0 aliphatic carbocycles. The first kappa shape index (κ1) is 14.3. The minimum absolute atomic E-state index is 0.183. The van der Waals surface area contributed by atoms with Gasteiger partial charge in [-0.2, -0.15) is 0 Å². The summed E-state index contributed by atoms with van der Waals surface area (Å²) in [4.78, 5) is 22.4. The van der Waals surface area contributed by atoms with E-state index >= 15 is 0 Å². The highest BCUT2D eigenvalue weighted by atomic mass is 16.5. The van der Waals surface area contributed by atoms with Gasteiger partial charge >= 0.3 is 12.0 Å². The van der Waals surface area contributed by atoms with Crippen LogP contribution in [0, 0.1) is 0 Å². The maximum atomic E-state index is 11.7. The van der Waals surface area contributed by atoms with Gasteiger partial charge < -0.3 is 20.5 Å². The number of anilines is 1. The Morgan fingerprint density at radius 1 is 1.35 bits per heavy atom. The lowest BCUT2D eigenvalue weighted by atomic mass is 10.0. The van der Waals surface area contributed by atoms with Crippen LogP contribution in [0.15, 0.2) is 24.3 Å². The van der Waals surface area contributed by atoms with E-state index in [0.29, 0.717) is 12.2 Å². The van der Waals surface area contributed by atoms with Crippen molar-refractivity contribution in [3.05, 3.63) is 29.8 Å². The lowest BCUT2D eigenvalue weighted by Gasteiger charge is -2.23. The minimum atomic E-state index is -0.993. The zero-order valence-corrected chi connectivity index (χ0v) is 11.3. The summed E-state index contributed by atoms with van der Waals surface area (Å²) in [5, 5.41) is 14.2. The van der Waals surface area contributed by atoms with Crippen molar-refractivity contribution in [2.75, 3.05) is 18.5 Å². The molecule has 1 atom stereocenters. The summed E-state index contributed by atoms with van der Waals surface area (Å²) in [6, 6.07) is 5.66. The third-order valence-corrected chi connectivity index (χ3v) is 3.31. The number of benzene rings is 1. The average molecular weight is 278 g/mol. The van der Waals surface area contributed by atoms with E-state index in [9.17, 15) is 9.59 Å². The zero-order chi connectivity index (χ0) is 14.6. The van der Waals surface area contributed by atoms with E-state index in [1.165, 1.54) is 12.1 Å². The monoisotopic (exact) mass is 278 g/mol. The molecule has 6 heteroatoms. The number of aromatic carboxylic acids is 1. The van der Waals surface area contributed by atoms with E-state index in [1.807, 2.05) is 6.92 Å². The number of carbonyl (C=O) groups excluding carboxylic acids is 1. The molecule has 6 nitrogen and oxygen atoms in total. The van der Waals surface area contributed by atoms with Crippen molar-refractivity contribution in [1.29, 1.82) is 0 Å². The molecule has 1 unspecified atom stereocenters. The maximum absolute atomic E-state index is 11.7. The van der Waals surface area contributed by atoms with Crippen LogP contribution in [-0.2, 0) is 4.74 Å². The maximum Gasteiger partial charge on any atom is 0.335 e. The highest BCUT2D eigenvalue weighted by Gasteiger charge is 2.29. The van der Waals surface area contributed by atoms with Crippen LogP contribution in [0.25, 0.3) is 0 Å². The molecule has 0 radical (unpaired) electrons. The second-order valence-corrected chi connectivity index (χ2v) is 5.09. The highest BCUT2D eigenvalue weighted by molar-refractivity contribution is 5.91. The van der Waals surface area contributed by atoms with Crippen molar-refractivity contribution in [3.63, 3.8) is 0 Å². The average Bonchev–Trinajstić information content (AvgIpc) is 2.85. The van der Waals surface area contributed by atoms with Gasteiger partial charge in [-0.3, -0.25) is 0 Å². The van der Waals surface area contributed by atoms with Crippen molar-refractivity contribution in [3.8, 4) is 0 Å². The molecule has 1 heterocycles. The van der Waals surface area contributed by atoms with E-state index in [0.717, 1.165) is 19.4 Å². The predicted molar refractivity (Wildman–Crippen MR) is 74.0 cm³/mol. The Balaban J connectivity index is 1.83. The molecule has 2 rings (SSSR count). The van der Waals surface area contributed by atoms with Gasteiger partial charge in [0, 0.05) is 18.8 Å². The molecule has 1 aliphatic rings. The number of rotatable bonds is 4. The standard InChI is InChI=1S/C14H18N2O4/c1-14(7-2-8-20-14)9-15-13(19)16-11-5-3-10(4-6-11)12(17)18/h3-6H,2,7-9H2,1H3,(H,17,18)(H2,15,16,19). The van der Waals surface area contributed by atoms with Crippen LogP contribution in [0.5, 0.6) is 0 Å². The quantitative estimate of drug-likeness (QED) is 0.786. The summed E-state index contributed by atoms with van der Waals surface area (Å²) < 4.78 is 5.58. The molecule has 1 aliphatic heterocycles. The van der Waals surface area contributed by atoms with Gasteiger partial charge in [-0.1, -0.05) is 0 Å². The Morgan fingerprint density at radius 3 is 2.60 bits per heavy atom. The molecule has 0 spiro atoms. The van der Waals surface area contributed by atoms with Crippen molar-refractivity contribution in [2.24, 2.45) is 0 Å². The van der Waals surface area contributed by atoms with E-state index < -0.39 is 5.97 Å². The number of nitrogens with one attached hydrogen (secondary N) is 2. The summed E-state index contributed by atoms with van der Waals surface area (Å²) in [7, 11) is 0. The normalized spacial score (nSPS) is 21.4. The number of hydrogen-bond acceptors (Lipinski definition) is 3. The van der Waals surface area contributed by atoms with Crippen molar-refractivity contribution in [2.45, 2.75) is 25.4 Å². The lowest BCUT2D eigenvalue weighted by molar-refractivity contribution is 0.0232. The van der Waals surface area contributed by atoms with Gasteiger partial charge in [-0.15, -0.1) is 0 Å². The third kappa shape index (κ3) is 3.71. The Hall–Kier alpha value is -2.08. The molecular weight excluding hydrogens is 260 g/mol. The van der Waals surface area contributed by atoms with Crippen LogP contribution in [0.3, 0.4) is 0 Å². The molecule has 0 bridgehead atoms. The topological polar surface area (TPSA) is 87.7 Å². The van der Waals surface area contributed by atoms with Crippen molar-refractivity contribution >= 4 is 17.7 Å². The Kier molecular flexibility index (Phi) is 4.24. The molecule has 3 N–H and O–H groups in total. The smallest absolute Gasteiger partial charge is 0.335 e. The first-order chi connectivity index (χ1) is 9.48. The molecule has 1 fully saturated rings. The van der Waals surface area contributed by atoms with E-state index in [4.69, 9.17) is 9.84 Å². The Morgan fingerprint density at radius 2 is 2.05 bits per heavy atom. The minimum Gasteiger partial charge on any atom is -0.478 e. The van der Waals surface area contributed by atoms with Gasteiger partial charge in [0.25, 0.3) is 0 Å². The van der Waals surface area contributed by atoms with Crippen LogP contribution in [-0.4, -0.2) is 35.9 Å². The Labute approximate surface area is 117 Å². The lowest BCUT2D eigenvalue weighted by Crippen LogP contribution is -2.41. The molecule has 1 saturated heterocycles. The summed E-state index contributed by atoms with van der Waals surface area (Å²) in [5.41, 5.74) is 0.442. The fourth-order valence-electron chi connectivity index (χ4n) is 2.11. The van der Waals surface area contributed by atoms with Gasteiger partial charge in [0.15, 0.2) is 0 Å². The second kappa shape index (κ2) is 5.92. The molecule has 0 aromatic heterocycles. The summed E-state index contributed by atoms with van der Waals surface area (Å²) in [6.07, 6.45) is 1.94. The van der Waals surface area contributed by atoms with Gasteiger partial charge in [0.1, 0.15) is 0 Å². The summed E-state index contributed by atoms with van der Waals surface area (Å²) in [5.74, 6) is -0.993. The SMILES string of the molecule is CC1(CNC(=O)Nc2ccc(C(=O)O)cc2)CCCO1. The molecule has 1 aromatic carbocycles. The number of ether oxygens (including phenoxy) is 1. The summed E-state index contributed by atoms with van der Waals surface area (Å²) >= 11 is 0. The van der Waals surface area contributed by atoms with E-state index in [-0.39, 0.29) is 17.2 Å². The fraction of sp³-hybridized carbons (Fsp3) is 0.429. The molecule has 108 valence electrons. The molecule has 2 amide bonds. The van der Waals surface area contributed by atoms with Crippen LogP contribution < -0.4 is 10.6 Å². The zero-order valence-electron chi connectivity index (χ0n) is 11.3. The van der Waals surface area contributed by atoms with E-state index in [2.05, 4.69) is 10.6 Å². The third-order valence-electron chi connectivity index (χ3n) is 3.31. The molecule has 1 aromatic rings. The van der Waals surface area contributed by atoms with Crippen LogP contribution in [0.1, 0.15) is 30.1 Å². The predicted octanol–water partition coefficient (Wildman–Crippen LogP) is 2.08. The fourth-order valence-corrected chi connectivity index (χ4v) is 2.11. The molecule has 20 heavy (non-hydrogen) atoms. The van der Waals surface area contributed by atoms with E-state index in [1.54, 1.807) is 12.1 Å². The van der Waals surface area contributed by atoms with Crippen LogP contribution in [0.2, 0.25) is 0 Å². The highest BCUT2D eigenvalue weighted by Crippen LogP contribution is 2.23. The summed E-state index contributed by atoms with van der Waals surface area (Å²) in [6.45, 7) is 3.16. The van der Waals surface area contributed by atoms with Gasteiger partial charge in [0.05, 0.1) is 11.2 Å². The molecule has 0 saturated carbocycles. The molecular formula is C14H18N2O4.